The zero-order valence-corrected chi connectivity index (χ0v) is 17.9. The van der Waals surface area contributed by atoms with E-state index in [1.165, 1.54) is 45.0 Å². The largest absolute Gasteiger partial charge is 0.426 e. The minimum Gasteiger partial charge on any atom is -0.398 e. The van der Waals surface area contributed by atoms with Gasteiger partial charge in [-0.15, -0.1) is 0 Å². The molecule has 1 aromatic heterocycles. The maximum absolute atomic E-state index is 14.0. The summed E-state index contributed by atoms with van der Waals surface area (Å²) in [6.07, 6.45) is -6.51. The number of rotatable bonds is 5. The number of nitrogens with one attached hydrogen (secondary N) is 1. The predicted molar refractivity (Wildman–Crippen MR) is 113 cm³/mol. The van der Waals surface area contributed by atoms with E-state index >= 15 is 0 Å². The highest BCUT2D eigenvalue weighted by molar-refractivity contribution is 5.99. The number of halogens is 4. The predicted octanol–water partition coefficient (Wildman–Crippen LogP) is 3.82. The number of hydrogen-bond donors (Lipinski definition) is 3. The molecule has 1 heterocycles. The summed E-state index contributed by atoms with van der Waals surface area (Å²) in [4.78, 5) is 24.5. The summed E-state index contributed by atoms with van der Waals surface area (Å²) >= 11 is 0. The third kappa shape index (κ3) is 4.54. The van der Waals surface area contributed by atoms with Crippen LogP contribution < -0.4 is 16.7 Å². The maximum Gasteiger partial charge on any atom is 0.426 e. The molecule has 1 unspecified atom stereocenters. The van der Waals surface area contributed by atoms with E-state index in [1.54, 1.807) is 0 Å². The molecule has 0 radical (unpaired) electrons. The Morgan fingerprint density at radius 1 is 1.15 bits per heavy atom. The van der Waals surface area contributed by atoms with Crippen molar-refractivity contribution in [1.29, 1.82) is 0 Å². The Morgan fingerprint density at radius 3 is 2.45 bits per heavy atom. The summed E-state index contributed by atoms with van der Waals surface area (Å²) in [6, 6.07) is 6.92. The summed E-state index contributed by atoms with van der Waals surface area (Å²) in [7, 11) is 0. The van der Waals surface area contributed by atoms with Gasteiger partial charge in [-0.25, -0.2) is 9.18 Å². The molecule has 176 valence electrons. The van der Waals surface area contributed by atoms with E-state index in [1.807, 2.05) is 0 Å². The van der Waals surface area contributed by atoms with Crippen LogP contribution in [0, 0.1) is 12.7 Å². The molecule has 0 bridgehead atoms. The number of carbonyl (C=O) groups is 1. The second-order valence-corrected chi connectivity index (χ2v) is 8.42. The van der Waals surface area contributed by atoms with Crippen LogP contribution in [0.15, 0.2) is 45.7 Å². The van der Waals surface area contributed by atoms with Crippen LogP contribution in [0.25, 0.3) is 10.8 Å². The molecule has 3 aromatic rings. The molecule has 33 heavy (non-hydrogen) atoms. The third-order valence-electron chi connectivity index (χ3n) is 5.44. The Bertz CT molecular complexity index is 1290. The number of benzene rings is 2. The van der Waals surface area contributed by atoms with Gasteiger partial charge in [0.2, 0.25) is 5.60 Å². The molecule has 4 N–H and O–H groups in total. The Labute approximate surface area is 185 Å². The van der Waals surface area contributed by atoms with Gasteiger partial charge < -0.3 is 20.7 Å². The number of nitrogen functional groups attached to an aromatic ring is 1. The van der Waals surface area contributed by atoms with Crippen molar-refractivity contribution in [3.63, 3.8) is 0 Å². The molecule has 0 aliphatic heterocycles. The first kappa shape index (κ1) is 24.2. The number of hydrogen-bond acceptors (Lipinski definition) is 6. The molecule has 0 aliphatic carbocycles. The number of amides is 1. The van der Waals surface area contributed by atoms with Gasteiger partial charge in [0.15, 0.2) is 0 Å². The number of anilines is 2. The quantitative estimate of drug-likeness (QED) is 0.388. The fourth-order valence-electron chi connectivity index (χ4n) is 3.70. The third-order valence-corrected chi connectivity index (χ3v) is 5.44. The van der Waals surface area contributed by atoms with E-state index in [0.29, 0.717) is 0 Å². The van der Waals surface area contributed by atoms with Crippen LogP contribution in [0.5, 0.6) is 0 Å². The second kappa shape index (κ2) is 8.14. The van der Waals surface area contributed by atoms with Crippen LogP contribution in [0.1, 0.15) is 31.5 Å². The molecule has 0 saturated heterocycles. The van der Waals surface area contributed by atoms with Crippen LogP contribution in [0.2, 0.25) is 0 Å². The maximum atomic E-state index is 14.0. The average molecular weight is 467 g/mol. The Kier molecular flexibility index (Phi) is 5.97. The zero-order valence-electron chi connectivity index (χ0n) is 17.9. The lowest BCUT2D eigenvalue weighted by molar-refractivity contribution is -0.254. The van der Waals surface area contributed by atoms with Crippen LogP contribution in [-0.4, -0.2) is 27.9 Å². The van der Waals surface area contributed by atoms with E-state index in [9.17, 15) is 32.3 Å². The second-order valence-electron chi connectivity index (χ2n) is 8.42. The summed E-state index contributed by atoms with van der Waals surface area (Å²) in [5.74, 6) is -2.47. The lowest BCUT2D eigenvalue weighted by Crippen LogP contribution is -2.57. The molecular formula is C22H21F4N3O4. The van der Waals surface area contributed by atoms with E-state index in [2.05, 4.69) is 15.0 Å². The highest BCUT2D eigenvalue weighted by Gasteiger charge is 2.61. The van der Waals surface area contributed by atoms with Crippen LogP contribution in [0.3, 0.4) is 0 Å². The number of aliphatic hydroxyl groups is 1. The standard InChI is InChI=1S/C22H21F4N3O4/c1-11-15-9-13(5-6-14(15)18(30)33-29-11)28-19(31)21(32,22(24,25)26)10-20(2,3)16-8-12(23)4-7-17(16)27/h4-9,32H,10,27H2,1-3H3,(H,28,31). The Balaban J connectivity index is 1.99. The van der Waals surface area contributed by atoms with Gasteiger partial charge >= 0.3 is 11.8 Å². The lowest BCUT2D eigenvalue weighted by Gasteiger charge is -2.37. The van der Waals surface area contributed by atoms with Gasteiger partial charge in [0.25, 0.3) is 5.91 Å². The Morgan fingerprint density at radius 2 is 1.82 bits per heavy atom. The molecule has 3 rings (SSSR count). The zero-order chi connectivity index (χ0) is 24.8. The molecule has 11 heteroatoms. The number of alkyl halides is 3. The van der Waals surface area contributed by atoms with Gasteiger partial charge in [-0.05, 0) is 54.3 Å². The fourth-order valence-corrected chi connectivity index (χ4v) is 3.70. The van der Waals surface area contributed by atoms with Crippen LogP contribution in [0.4, 0.5) is 28.9 Å². The van der Waals surface area contributed by atoms with Gasteiger partial charge in [-0.2, -0.15) is 13.2 Å². The van der Waals surface area contributed by atoms with Crippen molar-refractivity contribution >= 4 is 28.1 Å². The SMILES string of the molecule is Cc1noc(=O)c2ccc(NC(=O)C(O)(CC(C)(C)c3cc(F)ccc3N)C(F)(F)F)cc12. The van der Waals surface area contributed by atoms with Gasteiger partial charge in [-0.3, -0.25) is 4.79 Å². The van der Waals surface area contributed by atoms with Crippen LogP contribution >= 0.6 is 0 Å². The van der Waals surface area contributed by atoms with Gasteiger partial charge in [0, 0.05) is 23.2 Å². The minimum absolute atomic E-state index is 0.0112. The van der Waals surface area contributed by atoms with E-state index in [0.717, 1.165) is 12.1 Å². The van der Waals surface area contributed by atoms with Crippen LogP contribution in [-0.2, 0) is 10.2 Å². The summed E-state index contributed by atoms with van der Waals surface area (Å²) in [6.45, 7) is 4.13. The molecule has 1 amide bonds. The minimum atomic E-state index is -5.37. The van der Waals surface area contributed by atoms with Crippen molar-refractivity contribution in [2.24, 2.45) is 0 Å². The number of nitrogens with zero attached hydrogens (tertiary/aromatic N) is 1. The Hall–Kier alpha value is -3.47. The lowest BCUT2D eigenvalue weighted by atomic mass is 9.74. The highest BCUT2D eigenvalue weighted by Crippen LogP contribution is 2.43. The monoisotopic (exact) mass is 467 g/mol. The first-order chi connectivity index (χ1) is 15.2. The molecule has 1 atom stereocenters. The van der Waals surface area contributed by atoms with E-state index < -0.39 is 41.0 Å². The van der Waals surface area contributed by atoms with Gasteiger partial charge in [-0.1, -0.05) is 19.0 Å². The fraction of sp³-hybridized carbons (Fsp3) is 0.318. The molecule has 0 fully saturated rings. The van der Waals surface area contributed by atoms with Crippen molar-refractivity contribution < 1.29 is 32.0 Å². The smallest absolute Gasteiger partial charge is 0.398 e. The number of aryl methyl sites for hydroxylation is 1. The normalized spacial score (nSPS) is 14.2. The number of nitrogens with two attached hydrogens (primary N) is 1. The molecule has 0 aliphatic rings. The molecule has 2 aromatic carbocycles. The van der Waals surface area contributed by atoms with Crippen molar-refractivity contribution in [2.75, 3.05) is 11.1 Å². The van der Waals surface area contributed by atoms with Gasteiger partial charge in [0.05, 0.1) is 11.1 Å². The molecular weight excluding hydrogens is 446 g/mol. The number of aromatic nitrogens is 1. The molecule has 0 saturated carbocycles. The van der Waals surface area contributed by atoms with Gasteiger partial charge in [0.1, 0.15) is 5.82 Å². The first-order valence-corrected chi connectivity index (χ1v) is 9.72. The van der Waals surface area contributed by atoms with E-state index in [4.69, 9.17) is 5.73 Å². The first-order valence-electron chi connectivity index (χ1n) is 9.72. The topological polar surface area (TPSA) is 118 Å². The van der Waals surface area contributed by atoms with Crippen molar-refractivity contribution in [1.82, 2.24) is 5.16 Å². The molecule has 7 nitrogen and oxygen atoms in total. The van der Waals surface area contributed by atoms with E-state index in [-0.39, 0.29) is 33.4 Å². The van der Waals surface area contributed by atoms with Crippen molar-refractivity contribution in [3.05, 3.63) is 63.9 Å². The van der Waals surface area contributed by atoms with Crippen molar-refractivity contribution in [3.8, 4) is 0 Å². The number of carbonyl (C=O) groups excluding carboxylic acids is 1. The summed E-state index contributed by atoms with van der Waals surface area (Å²) < 4.78 is 60.2. The highest BCUT2D eigenvalue weighted by atomic mass is 19.4. The summed E-state index contributed by atoms with van der Waals surface area (Å²) in [5, 5.41) is 16.6. The molecule has 0 spiro atoms. The number of fused-ring (bicyclic) bond motifs is 1. The summed E-state index contributed by atoms with van der Waals surface area (Å²) in [5.41, 5.74) is -0.130. The van der Waals surface area contributed by atoms with Crippen molar-refractivity contribution in [2.45, 2.75) is 44.4 Å². The average Bonchev–Trinajstić information content (AvgIpc) is 2.71.